The molecule has 94 valence electrons. The predicted molar refractivity (Wildman–Crippen MR) is 59.6 cm³/mol. The molecule has 2 nitrogen and oxygen atoms in total. The summed E-state index contributed by atoms with van der Waals surface area (Å²) in [4.78, 5) is 0. The van der Waals surface area contributed by atoms with E-state index >= 15 is 0 Å². The fourth-order valence-corrected chi connectivity index (χ4v) is 1.63. The number of oxime groups is 1. The molecular formula is C11H11ClF3NO. The first-order valence-corrected chi connectivity index (χ1v) is 5.24. The maximum atomic E-state index is 12.6. The number of halogens is 4. The summed E-state index contributed by atoms with van der Waals surface area (Å²) in [5.41, 5.74) is -0.537. The van der Waals surface area contributed by atoms with Crippen molar-refractivity contribution in [2.24, 2.45) is 11.1 Å². The Morgan fingerprint density at radius 3 is 2.35 bits per heavy atom. The van der Waals surface area contributed by atoms with Crippen molar-refractivity contribution in [2.45, 2.75) is 20.0 Å². The second-order valence-corrected chi connectivity index (χ2v) is 4.24. The Morgan fingerprint density at radius 1 is 1.35 bits per heavy atom. The fourth-order valence-electron chi connectivity index (χ4n) is 1.41. The van der Waals surface area contributed by atoms with E-state index in [1.54, 1.807) is 13.8 Å². The molecule has 17 heavy (non-hydrogen) atoms. The minimum absolute atomic E-state index is 0.187. The minimum Gasteiger partial charge on any atom is -0.411 e. The van der Waals surface area contributed by atoms with E-state index in [4.69, 9.17) is 16.8 Å². The molecule has 0 aliphatic heterocycles. The lowest BCUT2D eigenvalue weighted by Crippen LogP contribution is -2.12. The molecule has 0 aliphatic rings. The van der Waals surface area contributed by atoms with Gasteiger partial charge in [-0.25, -0.2) is 0 Å². The SMILES string of the molecule is CC(C)C(=NO)c1ccc(Cl)c(C(F)(F)F)c1. The van der Waals surface area contributed by atoms with Gasteiger partial charge in [-0.05, 0) is 18.1 Å². The van der Waals surface area contributed by atoms with Crippen LogP contribution in [0.25, 0.3) is 0 Å². The van der Waals surface area contributed by atoms with Crippen molar-refractivity contribution in [3.8, 4) is 0 Å². The van der Waals surface area contributed by atoms with E-state index in [-0.39, 0.29) is 22.2 Å². The second-order valence-electron chi connectivity index (χ2n) is 3.83. The molecule has 0 spiro atoms. The van der Waals surface area contributed by atoms with Crippen molar-refractivity contribution in [1.29, 1.82) is 0 Å². The first kappa shape index (κ1) is 13.8. The molecule has 1 aromatic carbocycles. The van der Waals surface area contributed by atoms with E-state index in [2.05, 4.69) is 5.16 Å². The van der Waals surface area contributed by atoms with Crippen LogP contribution < -0.4 is 0 Å². The maximum absolute atomic E-state index is 12.6. The van der Waals surface area contributed by atoms with Gasteiger partial charge in [0.1, 0.15) is 0 Å². The van der Waals surface area contributed by atoms with Crippen molar-refractivity contribution < 1.29 is 18.4 Å². The lowest BCUT2D eigenvalue weighted by atomic mass is 9.98. The van der Waals surface area contributed by atoms with Crippen molar-refractivity contribution in [1.82, 2.24) is 0 Å². The summed E-state index contributed by atoms with van der Waals surface area (Å²) < 4.78 is 37.8. The van der Waals surface area contributed by atoms with Crippen LogP contribution >= 0.6 is 11.6 Å². The topological polar surface area (TPSA) is 32.6 Å². The Morgan fingerprint density at radius 2 is 1.94 bits per heavy atom. The van der Waals surface area contributed by atoms with Crippen molar-refractivity contribution in [2.75, 3.05) is 0 Å². The molecule has 0 heterocycles. The van der Waals surface area contributed by atoms with Gasteiger partial charge in [0, 0.05) is 5.56 Å². The van der Waals surface area contributed by atoms with E-state index in [9.17, 15) is 13.2 Å². The van der Waals surface area contributed by atoms with Crippen molar-refractivity contribution in [3.05, 3.63) is 34.3 Å². The zero-order chi connectivity index (χ0) is 13.2. The molecule has 0 saturated carbocycles. The highest BCUT2D eigenvalue weighted by atomic mass is 35.5. The Kier molecular flexibility index (Phi) is 4.03. The normalized spacial score (nSPS) is 13.2. The third-order valence-corrected chi connectivity index (χ3v) is 2.55. The molecule has 0 fully saturated rings. The highest BCUT2D eigenvalue weighted by Crippen LogP contribution is 2.35. The zero-order valence-electron chi connectivity index (χ0n) is 9.22. The van der Waals surface area contributed by atoms with Gasteiger partial charge >= 0.3 is 6.18 Å². The summed E-state index contributed by atoms with van der Waals surface area (Å²) in [7, 11) is 0. The molecule has 0 radical (unpaired) electrons. The molecule has 0 bridgehead atoms. The van der Waals surface area contributed by atoms with Gasteiger partial charge in [-0.1, -0.05) is 36.7 Å². The third kappa shape index (κ3) is 3.12. The summed E-state index contributed by atoms with van der Waals surface area (Å²) in [5, 5.41) is 11.4. The number of benzene rings is 1. The molecule has 0 aliphatic carbocycles. The van der Waals surface area contributed by atoms with Crippen LogP contribution in [0.15, 0.2) is 23.4 Å². The van der Waals surface area contributed by atoms with E-state index in [1.807, 2.05) is 0 Å². The number of alkyl halides is 3. The van der Waals surface area contributed by atoms with Crippen LogP contribution in [0.2, 0.25) is 5.02 Å². The van der Waals surface area contributed by atoms with E-state index in [0.717, 1.165) is 12.1 Å². The molecule has 0 aromatic heterocycles. The van der Waals surface area contributed by atoms with Gasteiger partial charge in [-0.2, -0.15) is 13.2 Å². The minimum atomic E-state index is -4.52. The molecular weight excluding hydrogens is 255 g/mol. The lowest BCUT2D eigenvalue weighted by molar-refractivity contribution is -0.137. The van der Waals surface area contributed by atoms with Crippen LogP contribution in [0.1, 0.15) is 25.0 Å². The molecule has 1 rings (SSSR count). The summed E-state index contributed by atoms with van der Waals surface area (Å²) in [6, 6.07) is 3.43. The summed E-state index contributed by atoms with van der Waals surface area (Å²) in [6.45, 7) is 3.44. The van der Waals surface area contributed by atoms with E-state index in [0.29, 0.717) is 0 Å². The first-order chi connectivity index (χ1) is 7.77. The Balaban J connectivity index is 3.31. The lowest BCUT2D eigenvalue weighted by Gasteiger charge is -2.13. The van der Waals surface area contributed by atoms with Gasteiger partial charge in [0.15, 0.2) is 0 Å². The van der Waals surface area contributed by atoms with Gasteiger partial charge in [0.2, 0.25) is 0 Å². The highest BCUT2D eigenvalue weighted by Gasteiger charge is 2.33. The Hall–Kier alpha value is -1.23. The number of rotatable bonds is 2. The van der Waals surface area contributed by atoms with Crippen LogP contribution in [-0.2, 0) is 6.18 Å². The van der Waals surface area contributed by atoms with Crippen LogP contribution in [0.4, 0.5) is 13.2 Å². The van der Waals surface area contributed by atoms with E-state index in [1.165, 1.54) is 6.07 Å². The van der Waals surface area contributed by atoms with Crippen molar-refractivity contribution in [3.63, 3.8) is 0 Å². The van der Waals surface area contributed by atoms with Crippen LogP contribution in [0.5, 0.6) is 0 Å². The number of hydrogen-bond donors (Lipinski definition) is 1. The largest absolute Gasteiger partial charge is 0.417 e. The monoisotopic (exact) mass is 265 g/mol. The van der Waals surface area contributed by atoms with Gasteiger partial charge in [-0.15, -0.1) is 0 Å². The number of nitrogens with zero attached hydrogens (tertiary/aromatic N) is 1. The van der Waals surface area contributed by atoms with Crippen LogP contribution in [-0.4, -0.2) is 10.9 Å². The Bertz CT molecular complexity index is 441. The summed E-state index contributed by atoms with van der Waals surface area (Å²) >= 11 is 5.49. The molecule has 6 heteroatoms. The fraction of sp³-hybridized carbons (Fsp3) is 0.364. The van der Waals surface area contributed by atoms with Gasteiger partial charge in [0.05, 0.1) is 16.3 Å². The summed E-state index contributed by atoms with van der Waals surface area (Å²) in [6.07, 6.45) is -4.52. The van der Waals surface area contributed by atoms with Gasteiger partial charge in [-0.3, -0.25) is 0 Å². The molecule has 1 aromatic rings. The average Bonchev–Trinajstić information content (AvgIpc) is 2.19. The molecule has 0 atom stereocenters. The number of hydrogen-bond acceptors (Lipinski definition) is 2. The second kappa shape index (κ2) is 4.96. The smallest absolute Gasteiger partial charge is 0.411 e. The Labute approximate surface area is 102 Å². The van der Waals surface area contributed by atoms with Crippen LogP contribution in [0, 0.1) is 5.92 Å². The van der Waals surface area contributed by atoms with Gasteiger partial charge < -0.3 is 5.21 Å². The van der Waals surface area contributed by atoms with Crippen LogP contribution in [0.3, 0.4) is 0 Å². The first-order valence-electron chi connectivity index (χ1n) is 4.86. The van der Waals surface area contributed by atoms with Gasteiger partial charge in [0.25, 0.3) is 0 Å². The third-order valence-electron chi connectivity index (χ3n) is 2.22. The maximum Gasteiger partial charge on any atom is 0.417 e. The quantitative estimate of drug-likeness (QED) is 0.485. The molecule has 1 N–H and O–H groups in total. The average molecular weight is 266 g/mol. The standard InChI is InChI=1S/C11H11ClF3NO/c1-6(2)10(16-17)7-3-4-9(12)8(5-7)11(13,14)15/h3-6,17H,1-2H3. The van der Waals surface area contributed by atoms with E-state index < -0.39 is 11.7 Å². The highest BCUT2D eigenvalue weighted by molar-refractivity contribution is 6.31. The van der Waals surface area contributed by atoms with Crippen molar-refractivity contribution >= 4 is 17.3 Å². The molecule has 0 unspecified atom stereocenters. The molecule has 0 amide bonds. The zero-order valence-corrected chi connectivity index (χ0v) is 9.97. The summed E-state index contributed by atoms with van der Waals surface area (Å²) in [5.74, 6) is -0.192. The molecule has 0 saturated heterocycles. The predicted octanol–water partition coefficient (Wildman–Crippen LogP) is 4.19.